The molecular weight excluding hydrogens is 380 g/mol. The Kier molecular flexibility index (Phi) is 4.09. The number of rotatable bonds is 3. The smallest absolute Gasteiger partial charge is 0.256 e. The van der Waals surface area contributed by atoms with Gasteiger partial charge >= 0.3 is 0 Å². The number of fused-ring (bicyclic) bond motifs is 1. The van der Waals surface area contributed by atoms with Crippen LogP contribution in [0.3, 0.4) is 0 Å². The third-order valence-corrected chi connectivity index (χ3v) is 5.42. The van der Waals surface area contributed by atoms with Gasteiger partial charge in [0.25, 0.3) is 5.91 Å². The Morgan fingerprint density at radius 3 is 2.65 bits per heavy atom. The van der Waals surface area contributed by atoms with E-state index in [1.54, 1.807) is 12.1 Å². The molecule has 1 amide bonds. The van der Waals surface area contributed by atoms with E-state index in [4.69, 9.17) is 0 Å². The second-order valence-electron chi connectivity index (χ2n) is 4.98. The van der Waals surface area contributed by atoms with Crippen molar-refractivity contribution < 1.29 is 13.2 Å². The van der Waals surface area contributed by atoms with Gasteiger partial charge in [0, 0.05) is 21.3 Å². The van der Waals surface area contributed by atoms with Crippen LogP contribution >= 0.6 is 15.9 Å². The number of hydrogen-bond acceptors (Lipinski definition) is 3. The molecule has 3 rings (SSSR count). The van der Waals surface area contributed by atoms with Gasteiger partial charge in [-0.15, -0.1) is 0 Å². The van der Waals surface area contributed by atoms with Crippen molar-refractivity contribution in [1.29, 1.82) is 0 Å². The van der Waals surface area contributed by atoms with Crippen molar-refractivity contribution in [1.82, 2.24) is 4.72 Å². The van der Waals surface area contributed by atoms with Crippen LogP contribution < -0.4 is 10.0 Å². The average Bonchev–Trinajstić information content (AvgIpc) is 2.83. The monoisotopic (exact) mass is 392 g/mol. The first-order valence-electron chi connectivity index (χ1n) is 6.77. The summed E-state index contributed by atoms with van der Waals surface area (Å²) in [5.74, 6) is -0.251. The van der Waals surface area contributed by atoms with Gasteiger partial charge in [-0.25, -0.2) is 13.1 Å². The maximum absolute atomic E-state index is 12.2. The fraction of sp³-hybridized carbons (Fsp3) is 0.0625. The minimum absolute atomic E-state index is 0.121. The van der Waals surface area contributed by atoms with Crippen LogP contribution in [0.1, 0.15) is 11.1 Å². The largest absolute Gasteiger partial charge is 0.321 e. The molecule has 1 aliphatic heterocycles. The van der Waals surface area contributed by atoms with Gasteiger partial charge in [0.1, 0.15) is 0 Å². The summed E-state index contributed by atoms with van der Waals surface area (Å²) in [5.41, 5.74) is 2.46. The summed E-state index contributed by atoms with van der Waals surface area (Å²) >= 11 is 3.39. The molecule has 0 spiro atoms. The zero-order valence-electron chi connectivity index (χ0n) is 12.1. The zero-order chi connectivity index (χ0) is 16.6. The summed E-state index contributed by atoms with van der Waals surface area (Å²) in [6, 6.07) is 12.1. The number of anilines is 1. The van der Waals surface area contributed by atoms with Gasteiger partial charge in [-0.3, -0.25) is 4.79 Å². The van der Waals surface area contributed by atoms with E-state index < -0.39 is 10.0 Å². The van der Waals surface area contributed by atoms with Crippen molar-refractivity contribution in [3.8, 4) is 0 Å². The van der Waals surface area contributed by atoms with E-state index in [0.29, 0.717) is 16.8 Å². The van der Waals surface area contributed by atoms with Crippen LogP contribution in [0.25, 0.3) is 11.6 Å². The Morgan fingerprint density at radius 2 is 1.96 bits per heavy atom. The first-order chi connectivity index (χ1) is 10.9. The van der Waals surface area contributed by atoms with Crippen LogP contribution in [0.4, 0.5) is 5.69 Å². The number of sulfonamides is 1. The molecule has 0 aromatic heterocycles. The van der Waals surface area contributed by atoms with Gasteiger partial charge in [0.05, 0.1) is 4.90 Å². The van der Waals surface area contributed by atoms with E-state index in [2.05, 4.69) is 26.0 Å². The van der Waals surface area contributed by atoms with Crippen molar-refractivity contribution in [2.75, 3.05) is 12.4 Å². The number of hydrogen-bond donors (Lipinski definition) is 2. The molecule has 5 nitrogen and oxygen atoms in total. The predicted octanol–water partition coefficient (Wildman–Crippen LogP) is 2.85. The standard InChI is InChI=1S/C16H13BrN2O3S/c1-18-23(21,22)12-5-6-15-13(9-12)14(16(20)19-15)8-10-3-2-4-11(17)7-10/h2-9,18H,1H3,(H,19,20). The van der Waals surface area contributed by atoms with Crippen molar-refractivity contribution in [2.45, 2.75) is 4.90 Å². The summed E-state index contributed by atoms with van der Waals surface area (Å²) in [6.07, 6.45) is 1.74. The third kappa shape index (κ3) is 3.08. The van der Waals surface area contributed by atoms with Gasteiger partial charge in [-0.05, 0) is 49.0 Å². The van der Waals surface area contributed by atoms with E-state index in [9.17, 15) is 13.2 Å². The lowest BCUT2D eigenvalue weighted by Gasteiger charge is -2.05. The first-order valence-corrected chi connectivity index (χ1v) is 9.05. The zero-order valence-corrected chi connectivity index (χ0v) is 14.5. The third-order valence-electron chi connectivity index (χ3n) is 3.51. The van der Waals surface area contributed by atoms with Crippen LogP contribution in [0.15, 0.2) is 51.8 Å². The maximum Gasteiger partial charge on any atom is 0.256 e. The molecule has 1 heterocycles. The quantitative estimate of drug-likeness (QED) is 0.788. The average molecular weight is 393 g/mol. The molecule has 0 aliphatic carbocycles. The molecule has 0 saturated heterocycles. The van der Waals surface area contributed by atoms with Gasteiger partial charge in [0.15, 0.2) is 0 Å². The van der Waals surface area contributed by atoms with E-state index >= 15 is 0 Å². The van der Waals surface area contributed by atoms with Crippen LogP contribution in [0.2, 0.25) is 0 Å². The van der Waals surface area contributed by atoms with E-state index in [-0.39, 0.29) is 10.8 Å². The Balaban J connectivity index is 2.13. The van der Waals surface area contributed by atoms with Gasteiger partial charge in [-0.2, -0.15) is 0 Å². The van der Waals surface area contributed by atoms with Gasteiger partial charge in [0.2, 0.25) is 10.0 Å². The summed E-state index contributed by atoms with van der Waals surface area (Å²) in [4.78, 5) is 12.3. The van der Waals surface area contributed by atoms with E-state index in [0.717, 1.165) is 10.0 Å². The minimum atomic E-state index is -3.56. The summed E-state index contributed by atoms with van der Waals surface area (Å²) in [7, 11) is -2.21. The molecule has 0 radical (unpaired) electrons. The highest BCUT2D eigenvalue weighted by atomic mass is 79.9. The van der Waals surface area contributed by atoms with Crippen molar-refractivity contribution in [3.05, 3.63) is 58.1 Å². The lowest BCUT2D eigenvalue weighted by Crippen LogP contribution is -2.18. The van der Waals surface area contributed by atoms with Crippen molar-refractivity contribution in [2.24, 2.45) is 0 Å². The highest BCUT2D eigenvalue weighted by Gasteiger charge is 2.26. The van der Waals surface area contributed by atoms with Crippen LogP contribution in [-0.4, -0.2) is 21.4 Å². The second kappa shape index (κ2) is 5.92. The fourth-order valence-electron chi connectivity index (χ4n) is 2.36. The number of carbonyl (C=O) groups is 1. The lowest BCUT2D eigenvalue weighted by atomic mass is 10.0. The van der Waals surface area contributed by atoms with Crippen LogP contribution in [-0.2, 0) is 14.8 Å². The fourth-order valence-corrected chi connectivity index (χ4v) is 3.53. The van der Waals surface area contributed by atoms with Gasteiger partial charge in [-0.1, -0.05) is 28.1 Å². The molecule has 0 fully saturated rings. The Bertz CT molecular complexity index is 936. The van der Waals surface area contributed by atoms with Crippen LogP contribution in [0, 0.1) is 0 Å². The molecule has 0 saturated carbocycles. The molecule has 2 aromatic rings. The Hall–Kier alpha value is -1.96. The molecule has 1 aliphatic rings. The second-order valence-corrected chi connectivity index (χ2v) is 7.78. The number of carbonyl (C=O) groups excluding carboxylic acids is 1. The summed E-state index contributed by atoms with van der Waals surface area (Å²) in [6.45, 7) is 0. The molecule has 2 N–H and O–H groups in total. The maximum atomic E-state index is 12.2. The summed E-state index contributed by atoms with van der Waals surface area (Å²) < 4.78 is 27.1. The highest BCUT2D eigenvalue weighted by molar-refractivity contribution is 9.10. The molecule has 0 bridgehead atoms. The number of nitrogens with one attached hydrogen (secondary N) is 2. The molecule has 118 valence electrons. The summed E-state index contributed by atoms with van der Waals surface area (Å²) in [5, 5.41) is 2.74. The highest BCUT2D eigenvalue weighted by Crippen LogP contribution is 2.34. The van der Waals surface area contributed by atoms with Crippen LogP contribution in [0.5, 0.6) is 0 Å². The SMILES string of the molecule is CNS(=O)(=O)c1ccc2c(c1)C(=Cc1cccc(Br)c1)C(=O)N2. The Labute approximate surface area is 142 Å². The molecule has 23 heavy (non-hydrogen) atoms. The number of benzene rings is 2. The first kappa shape index (κ1) is 15.9. The van der Waals surface area contributed by atoms with Gasteiger partial charge < -0.3 is 5.32 Å². The topological polar surface area (TPSA) is 75.3 Å². The number of amides is 1. The molecule has 0 unspecified atom stereocenters. The van der Waals surface area contributed by atoms with E-state index in [1.807, 2.05) is 24.3 Å². The Morgan fingerprint density at radius 1 is 1.17 bits per heavy atom. The molecule has 0 atom stereocenters. The molecular formula is C16H13BrN2O3S. The van der Waals surface area contributed by atoms with E-state index in [1.165, 1.54) is 19.2 Å². The van der Waals surface area contributed by atoms with Crippen molar-refractivity contribution in [3.63, 3.8) is 0 Å². The van der Waals surface area contributed by atoms with Crippen molar-refractivity contribution >= 4 is 49.2 Å². The minimum Gasteiger partial charge on any atom is -0.321 e. The lowest BCUT2D eigenvalue weighted by molar-refractivity contribution is -0.110. The number of halogens is 1. The molecule has 2 aromatic carbocycles. The predicted molar refractivity (Wildman–Crippen MR) is 93.3 cm³/mol. The normalized spacial score (nSPS) is 15.6. The molecule has 7 heteroatoms.